The Balaban J connectivity index is 1.66. The van der Waals surface area contributed by atoms with E-state index in [0.29, 0.717) is 23.7 Å². The van der Waals surface area contributed by atoms with Crippen molar-refractivity contribution >= 4 is 17.7 Å². The van der Waals surface area contributed by atoms with Crippen LogP contribution >= 0.6 is 0 Å². The number of nitrogens with zero attached hydrogens (tertiary/aromatic N) is 2. The van der Waals surface area contributed by atoms with E-state index in [-0.39, 0.29) is 11.3 Å². The number of rotatable bonds is 8. The molecule has 0 bridgehead atoms. The van der Waals surface area contributed by atoms with Gasteiger partial charge in [-0.1, -0.05) is 18.2 Å². The number of amides is 1. The minimum Gasteiger partial charge on any atom is -0.493 e. The lowest BCUT2D eigenvalue weighted by molar-refractivity contribution is -0.112. The van der Waals surface area contributed by atoms with Crippen LogP contribution in [0, 0.1) is 17.1 Å². The molecular weight excluding hydrogens is 401 g/mol. The van der Waals surface area contributed by atoms with Crippen molar-refractivity contribution in [3.05, 3.63) is 59.4 Å². The van der Waals surface area contributed by atoms with Crippen LogP contribution in [0.2, 0.25) is 0 Å². The molecule has 1 aliphatic rings. The lowest BCUT2D eigenvalue weighted by atomic mass is 10.1. The van der Waals surface area contributed by atoms with E-state index in [0.717, 1.165) is 32.8 Å². The van der Waals surface area contributed by atoms with Gasteiger partial charge in [0.25, 0.3) is 5.91 Å². The van der Waals surface area contributed by atoms with Crippen LogP contribution in [0.1, 0.15) is 5.56 Å². The van der Waals surface area contributed by atoms with E-state index in [1.54, 1.807) is 24.3 Å². The quantitative estimate of drug-likeness (QED) is 0.517. The summed E-state index contributed by atoms with van der Waals surface area (Å²) in [5.74, 6) is -0.212. The Bertz CT molecular complexity index is 981. The van der Waals surface area contributed by atoms with Gasteiger partial charge in [0.1, 0.15) is 24.1 Å². The number of benzene rings is 2. The van der Waals surface area contributed by atoms with Gasteiger partial charge in [0, 0.05) is 19.6 Å². The molecular formula is C23H24FN3O4. The molecule has 1 N–H and O–H groups in total. The normalized spacial score (nSPS) is 14.5. The minimum absolute atomic E-state index is 0.00949. The molecule has 1 fully saturated rings. The van der Waals surface area contributed by atoms with Gasteiger partial charge in [-0.05, 0) is 35.9 Å². The zero-order valence-electron chi connectivity index (χ0n) is 17.3. The highest BCUT2D eigenvalue weighted by Gasteiger charge is 2.14. The molecule has 7 nitrogen and oxygen atoms in total. The van der Waals surface area contributed by atoms with Gasteiger partial charge in [-0.2, -0.15) is 5.26 Å². The lowest BCUT2D eigenvalue weighted by Crippen LogP contribution is -2.38. The first-order valence-corrected chi connectivity index (χ1v) is 9.89. The number of carbonyl (C=O) groups is 1. The van der Waals surface area contributed by atoms with Crippen molar-refractivity contribution in [2.24, 2.45) is 0 Å². The standard InChI is InChI=1S/C23H24FN3O4/c1-29-22-15-17(6-7-21(22)31-13-10-27-8-11-30-12-9-27)14-18(16-25)23(28)26-20-5-3-2-4-19(20)24/h2-7,14-15H,8-13H2,1H3,(H,26,28)/b18-14+. The van der Waals surface area contributed by atoms with Gasteiger partial charge in [-0.15, -0.1) is 0 Å². The van der Waals surface area contributed by atoms with Crippen LogP contribution in [0.4, 0.5) is 10.1 Å². The van der Waals surface area contributed by atoms with Crippen molar-refractivity contribution in [1.29, 1.82) is 5.26 Å². The first-order chi connectivity index (χ1) is 15.1. The third-order valence-corrected chi connectivity index (χ3v) is 4.75. The summed E-state index contributed by atoms with van der Waals surface area (Å²) >= 11 is 0. The first kappa shape index (κ1) is 22.3. The average Bonchev–Trinajstić information content (AvgIpc) is 2.80. The number of morpholine rings is 1. The van der Waals surface area contributed by atoms with Gasteiger partial charge < -0.3 is 19.5 Å². The Morgan fingerprint density at radius 3 is 2.74 bits per heavy atom. The fourth-order valence-corrected chi connectivity index (χ4v) is 3.07. The second-order valence-corrected chi connectivity index (χ2v) is 6.82. The van der Waals surface area contributed by atoms with Gasteiger partial charge in [-0.3, -0.25) is 9.69 Å². The van der Waals surface area contributed by atoms with Crippen molar-refractivity contribution in [2.75, 3.05) is 51.9 Å². The number of anilines is 1. The summed E-state index contributed by atoms with van der Waals surface area (Å²) in [4.78, 5) is 14.6. The molecule has 2 aromatic carbocycles. The molecule has 0 aliphatic carbocycles. The Morgan fingerprint density at radius 2 is 2.03 bits per heavy atom. The maximum atomic E-state index is 13.8. The predicted octanol–water partition coefficient (Wildman–Crippen LogP) is 3.09. The molecule has 0 unspecified atom stereocenters. The van der Waals surface area contributed by atoms with E-state index in [9.17, 15) is 14.4 Å². The van der Waals surface area contributed by atoms with E-state index in [2.05, 4.69) is 10.2 Å². The summed E-state index contributed by atoms with van der Waals surface area (Å²) in [5, 5.41) is 11.8. The first-order valence-electron chi connectivity index (χ1n) is 9.89. The van der Waals surface area contributed by atoms with Gasteiger partial charge in [-0.25, -0.2) is 4.39 Å². The fraction of sp³-hybridized carbons (Fsp3) is 0.304. The summed E-state index contributed by atoms with van der Waals surface area (Å²) in [5.41, 5.74) is 0.430. The van der Waals surface area contributed by atoms with Gasteiger partial charge >= 0.3 is 0 Å². The number of methoxy groups -OCH3 is 1. The second-order valence-electron chi connectivity index (χ2n) is 6.82. The van der Waals surface area contributed by atoms with Crippen LogP contribution in [-0.4, -0.2) is 57.4 Å². The molecule has 0 radical (unpaired) electrons. The van der Waals surface area contributed by atoms with Crippen LogP contribution in [0.25, 0.3) is 6.08 Å². The van der Waals surface area contributed by atoms with Crippen molar-refractivity contribution in [3.63, 3.8) is 0 Å². The molecule has 0 saturated carbocycles. The van der Waals surface area contributed by atoms with Crippen molar-refractivity contribution in [3.8, 4) is 17.6 Å². The number of hydrogen-bond acceptors (Lipinski definition) is 6. The zero-order valence-corrected chi connectivity index (χ0v) is 17.3. The molecule has 2 aromatic rings. The van der Waals surface area contributed by atoms with Gasteiger partial charge in [0.15, 0.2) is 11.5 Å². The Kier molecular flexibility index (Phi) is 7.98. The second kappa shape index (κ2) is 11.1. The molecule has 1 amide bonds. The van der Waals surface area contributed by atoms with Crippen LogP contribution in [0.15, 0.2) is 48.0 Å². The maximum absolute atomic E-state index is 13.8. The highest BCUT2D eigenvalue weighted by Crippen LogP contribution is 2.29. The predicted molar refractivity (Wildman–Crippen MR) is 114 cm³/mol. The van der Waals surface area contributed by atoms with Crippen LogP contribution in [-0.2, 0) is 9.53 Å². The minimum atomic E-state index is -0.697. The Labute approximate surface area is 180 Å². The maximum Gasteiger partial charge on any atom is 0.266 e. The molecule has 0 aromatic heterocycles. The molecule has 1 saturated heterocycles. The summed E-state index contributed by atoms with van der Waals surface area (Å²) in [6.45, 7) is 4.52. The number of ether oxygens (including phenoxy) is 3. The van der Waals surface area contributed by atoms with E-state index in [1.165, 1.54) is 31.4 Å². The summed E-state index contributed by atoms with van der Waals surface area (Å²) in [6.07, 6.45) is 1.41. The lowest BCUT2D eigenvalue weighted by Gasteiger charge is -2.26. The molecule has 0 spiro atoms. The van der Waals surface area contributed by atoms with E-state index in [1.807, 2.05) is 6.07 Å². The van der Waals surface area contributed by atoms with E-state index < -0.39 is 11.7 Å². The molecule has 0 atom stereocenters. The number of nitriles is 1. The largest absolute Gasteiger partial charge is 0.493 e. The molecule has 31 heavy (non-hydrogen) atoms. The van der Waals surface area contributed by atoms with E-state index >= 15 is 0 Å². The van der Waals surface area contributed by atoms with Crippen LogP contribution in [0.5, 0.6) is 11.5 Å². The summed E-state index contributed by atoms with van der Waals surface area (Å²) in [7, 11) is 1.52. The average molecular weight is 425 g/mol. The third kappa shape index (κ3) is 6.28. The Hall–Kier alpha value is -3.41. The fourth-order valence-electron chi connectivity index (χ4n) is 3.07. The van der Waals surface area contributed by atoms with Gasteiger partial charge in [0.2, 0.25) is 0 Å². The number of hydrogen-bond donors (Lipinski definition) is 1. The summed E-state index contributed by atoms with van der Waals surface area (Å²) in [6, 6.07) is 12.7. The van der Waals surface area contributed by atoms with Crippen LogP contribution < -0.4 is 14.8 Å². The smallest absolute Gasteiger partial charge is 0.266 e. The molecule has 1 aliphatic heterocycles. The van der Waals surface area contributed by atoms with Gasteiger partial charge in [0.05, 0.1) is 26.0 Å². The number of nitrogens with one attached hydrogen (secondary N) is 1. The van der Waals surface area contributed by atoms with Crippen molar-refractivity contribution in [1.82, 2.24) is 4.90 Å². The van der Waals surface area contributed by atoms with E-state index in [4.69, 9.17) is 14.2 Å². The Morgan fingerprint density at radius 1 is 1.26 bits per heavy atom. The molecule has 8 heteroatoms. The topological polar surface area (TPSA) is 83.8 Å². The SMILES string of the molecule is COc1cc(/C=C(\C#N)C(=O)Nc2ccccc2F)ccc1OCCN1CCOCC1. The summed E-state index contributed by atoms with van der Waals surface area (Å²) < 4.78 is 30.3. The molecule has 3 rings (SSSR count). The van der Waals surface area contributed by atoms with Crippen molar-refractivity contribution < 1.29 is 23.4 Å². The van der Waals surface area contributed by atoms with Crippen LogP contribution in [0.3, 0.4) is 0 Å². The highest BCUT2D eigenvalue weighted by atomic mass is 19.1. The molecule has 162 valence electrons. The number of carbonyl (C=O) groups excluding carboxylic acids is 1. The number of para-hydroxylation sites is 1. The monoisotopic (exact) mass is 425 g/mol. The zero-order chi connectivity index (χ0) is 22.1. The van der Waals surface area contributed by atoms with Crippen molar-refractivity contribution in [2.45, 2.75) is 0 Å². The number of halogens is 1. The molecule has 1 heterocycles. The highest BCUT2D eigenvalue weighted by molar-refractivity contribution is 6.09. The third-order valence-electron chi connectivity index (χ3n) is 4.75.